The van der Waals surface area contributed by atoms with E-state index in [2.05, 4.69) is 22.3 Å². The second-order valence-corrected chi connectivity index (χ2v) is 11.6. The van der Waals surface area contributed by atoms with Gasteiger partial charge in [-0.3, -0.25) is 14.5 Å². The van der Waals surface area contributed by atoms with Crippen molar-refractivity contribution in [2.24, 2.45) is 5.92 Å². The van der Waals surface area contributed by atoms with Gasteiger partial charge in [-0.25, -0.2) is 8.42 Å². The first-order valence-corrected chi connectivity index (χ1v) is 14.6. The third kappa shape index (κ3) is 6.84. The van der Waals surface area contributed by atoms with Crippen LogP contribution in [-0.2, 0) is 19.6 Å². The van der Waals surface area contributed by atoms with Gasteiger partial charge in [-0.05, 0) is 63.4 Å². The molecule has 1 N–H and O–H groups in total. The molecule has 2 heterocycles. The summed E-state index contributed by atoms with van der Waals surface area (Å²) in [5, 5.41) is 3.31. The summed E-state index contributed by atoms with van der Waals surface area (Å²) in [4.78, 5) is 27.5. The van der Waals surface area contributed by atoms with Gasteiger partial charge in [0.05, 0.1) is 24.0 Å². The van der Waals surface area contributed by atoms with E-state index in [1.54, 1.807) is 19.1 Å². The number of sulfonamides is 1. The summed E-state index contributed by atoms with van der Waals surface area (Å²) in [6.07, 6.45) is 3.23. The van der Waals surface area contributed by atoms with E-state index in [0.29, 0.717) is 31.6 Å². The molecule has 1 unspecified atom stereocenters. The highest BCUT2D eigenvalue weighted by Gasteiger charge is 2.33. The molecular formula is C28H37N3O5S. The lowest BCUT2D eigenvalue weighted by Gasteiger charge is -2.30. The minimum absolute atomic E-state index is 0.104. The number of carbonyl (C=O) groups excluding carboxylic acids is 2. The van der Waals surface area contributed by atoms with Crippen molar-refractivity contribution in [3.05, 3.63) is 65.7 Å². The standard InChI is InChI=1S/C28H37N3O5S/c1-2-36-28(33)23-13-17-31(18-14-23)37(34,35)25-12-8-11-24(19-25)27(32)21-29-20-26(30-15-6-7-16-30)22-9-4-3-5-10-22/h3-5,8-12,19,23,26,29H,2,6-7,13-18,20-21H2,1H3. The summed E-state index contributed by atoms with van der Waals surface area (Å²) in [6, 6.07) is 16.8. The Bertz CT molecular complexity index is 1160. The van der Waals surface area contributed by atoms with Crippen molar-refractivity contribution in [1.82, 2.24) is 14.5 Å². The zero-order valence-electron chi connectivity index (χ0n) is 21.5. The number of likely N-dealkylation sites (tertiary alicyclic amines) is 1. The van der Waals surface area contributed by atoms with Crippen molar-refractivity contribution < 1.29 is 22.7 Å². The maximum Gasteiger partial charge on any atom is 0.309 e. The summed E-state index contributed by atoms with van der Waals surface area (Å²) in [5.74, 6) is -0.684. The number of hydrogen-bond acceptors (Lipinski definition) is 7. The van der Waals surface area contributed by atoms with Crippen molar-refractivity contribution in [3.63, 3.8) is 0 Å². The molecule has 8 nitrogen and oxygen atoms in total. The molecule has 1 atom stereocenters. The zero-order valence-corrected chi connectivity index (χ0v) is 22.3. The molecule has 37 heavy (non-hydrogen) atoms. The van der Waals surface area contributed by atoms with Crippen LogP contribution >= 0.6 is 0 Å². The van der Waals surface area contributed by atoms with Crippen LogP contribution in [0.4, 0.5) is 0 Å². The number of esters is 1. The van der Waals surface area contributed by atoms with E-state index in [1.807, 2.05) is 18.2 Å². The maximum absolute atomic E-state index is 13.2. The molecule has 2 saturated heterocycles. The molecule has 2 fully saturated rings. The maximum atomic E-state index is 13.2. The average Bonchev–Trinajstić information content (AvgIpc) is 3.46. The van der Waals surface area contributed by atoms with Crippen LogP contribution in [0.1, 0.15) is 54.6 Å². The quantitative estimate of drug-likeness (QED) is 0.354. The summed E-state index contributed by atoms with van der Waals surface area (Å²) < 4.78 is 33.0. The van der Waals surface area contributed by atoms with E-state index in [1.165, 1.54) is 34.8 Å². The summed E-state index contributed by atoms with van der Waals surface area (Å²) in [6.45, 7) is 5.45. The summed E-state index contributed by atoms with van der Waals surface area (Å²) in [7, 11) is -3.76. The predicted molar refractivity (Wildman–Crippen MR) is 142 cm³/mol. The first-order valence-electron chi connectivity index (χ1n) is 13.2. The Morgan fingerprint density at radius 1 is 1.00 bits per heavy atom. The lowest BCUT2D eigenvalue weighted by molar-refractivity contribution is -0.149. The van der Waals surface area contributed by atoms with E-state index >= 15 is 0 Å². The van der Waals surface area contributed by atoms with Crippen LogP contribution in [-0.4, -0.2) is 75.3 Å². The summed E-state index contributed by atoms with van der Waals surface area (Å²) in [5.41, 5.74) is 1.59. The van der Waals surface area contributed by atoms with Crippen LogP contribution in [0.15, 0.2) is 59.5 Å². The van der Waals surface area contributed by atoms with Gasteiger partial charge in [0.2, 0.25) is 10.0 Å². The van der Waals surface area contributed by atoms with Crippen LogP contribution in [0.5, 0.6) is 0 Å². The van der Waals surface area contributed by atoms with Gasteiger partial charge in [-0.1, -0.05) is 42.5 Å². The lowest BCUT2D eigenvalue weighted by Crippen LogP contribution is -2.40. The number of piperidine rings is 1. The molecular weight excluding hydrogens is 490 g/mol. The summed E-state index contributed by atoms with van der Waals surface area (Å²) >= 11 is 0. The molecule has 2 aliphatic heterocycles. The van der Waals surface area contributed by atoms with Crippen molar-refractivity contribution in [1.29, 1.82) is 0 Å². The van der Waals surface area contributed by atoms with Crippen molar-refractivity contribution >= 4 is 21.8 Å². The Hall–Kier alpha value is -2.59. The molecule has 2 aromatic rings. The minimum Gasteiger partial charge on any atom is -0.466 e. The number of ether oxygens (including phenoxy) is 1. The second kappa shape index (κ2) is 12.8. The fourth-order valence-corrected chi connectivity index (χ4v) is 6.70. The fraction of sp³-hybridized carbons (Fsp3) is 0.500. The lowest BCUT2D eigenvalue weighted by atomic mass is 9.98. The number of ketones is 1. The zero-order chi connectivity index (χ0) is 26.3. The Labute approximate surface area is 220 Å². The molecule has 2 aromatic carbocycles. The van der Waals surface area contributed by atoms with E-state index < -0.39 is 10.0 Å². The van der Waals surface area contributed by atoms with Gasteiger partial charge in [0.15, 0.2) is 5.78 Å². The third-order valence-electron chi connectivity index (χ3n) is 7.26. The Balaban J connectivity index is 1.36. The van der Waals surface area contributed by atoms with Crippen LogP contribution in [0.25, 0.3) is 0 Å². The van der Waals surface area contributed by atoms with E-state index in [0.717, 1.165) is 13.1 Å². The molecule has 0 amide bonds. The molecule has 0 saturated carbocycles. The fourth-order valence-electron chi connectivity index (χ4n) is 5.18. The van der Waals surface area contributed by atoms with Gasteiger partial charge in [0, 0.05) is 31.2 Å². The third-order valence-corrected chi connectivity index (χ3v) is 9.15. The number of Topliss-reactive ketones (excluding diaryl/α,β-unsaturated/α-hetero) is 1. The first-order chi connectivity index (χ1) is 17.9. The molecule has 4 rings (SSSR count). The van der Waals surface area contributed by atoms with Gasteiger partial charge < -0.3 is 10.1 Å². The molecule has 0 bridgehead atoms. The average molecular weight is 528 g/mol. The van der Waals surface area contributed by atoms with Crippen molar-refractivity contribution in [2.75, 3.05) is 45.9 Å². The van der Waals surface area contributed by atoms with E-state index in [9.17, 15) is 18.0 Å². The van der Waals surface area contributed by atoms with Crippen molar-refractivity contribution in [3.8, 4) is 0 Å². The highest BCUT2D eigenvalue weighted by Crippen LogP contribution is 2.26. The van der Waals surface area contributed by atoms with Gasteiger partial charge in [0.1, 0.15) is 0 Å². The minimum atomic E-state index is -3.76. The molecule has 200 valence electrons. The molecule has 0 radical (unpaired) electrons. The largest absolute Gasteiger partial charge is 0.466 e. The SMILES string of the molecule is CCOC(=O)C1CCN(S(=O)(=O)c2cccc(C(=O)CNCC(c3ccccc3)N3CCCC3)c2)CC1. The first kappa shape index (κ1) is 27.4. The van der Waals surface area contributed by atoms with Crippen molar-refractivity contribution in [2.45, 2.75) is 43.5 Å². The van der Waals surface area contributed by atoms with Gasteiger partial charge >= 0.3 is 5.97 Å². The number of nitrogens with one attached hydrogen (secondary N) is 1. The number of nitrogens with zero attached hydrogens (tertiary/aromatic N) is 2. The van der Waals surface area contributed by atoms with Crippen LogP contribution in [0.2, 0.25) is 0 Å². The van der Waals surface area contributed by atoms with E-state index in [-0.39, 0.29) is 48.2 Å². The Kier molecular flexibility index (Phi) is 9.48. The van der Waals surface area contributed by atoms with Gasteiger partial charge in [-0.2, -0.15) is 4.31 Å². The number of benzene rings is 2. The molecule has 9 heteroatoms. The monoisotopic (exact) mass is 527 g/mol. The Morgan fingerprint density at radius 2 is 1.70 bits per heavy atom. The Morgan fingerprint density at radius 3 is 2.38 bits per heavy atom. The van der Waals surface area contributed by atoms with Gasteiger partial charge in [-0.15, -0.1) is 0 Å². The van der Waals surface area contributed by atoms with Crippen LogP contribution < -0.4 is 5.32 Å². The second-order valence-electron chi connectivity index (χ2n) is 9.68. The molecule has 0 aliphatic carbocycles. The van der Waals surface area contributed by atoms with Gasteiger partial charge in [0.25, 0.3) is 0 Å². The highest BCUT2D eigenvalue weighted by atomic mass is 32.2. The normalized spacial score (nSPS) is 18.5. The predicted octanol–water partition coefficient (Wildman–Crippen LogP) is 3.26. The van der Waals surface area contributed by atoms with E-state index in [4.69, 9.17) is 4.74 Å². The molecule has 0 aromatic heterocycles. The number of hydrogen-bond donors (Lipinski definition) is 1. The van der Waals surface area contributed by atoms with Crippen LogP contribution in [0, 0.1) is 5.92 Å². The number of carbonyl (C=O) groups is 2. The molecule has 2 aliphatic rings. The topological polar surface area (TPSA) is 96.0 Å². The van der Waals surface area contributed by atoms with Crippen LogP contribution in [0.3, 0.4) is 0 Å². The number of rotatable bonds is 11. The highest BCUT2D eigenvalue weighted by molar-refractivity contribution is 7.89. The smallest absolute Gasteiger partial charge is 0.309 e. The molecule has 0 spiro atoms.